The Morgan fingerprint density at radius 1 is 1.13 bits per heavy atom. The lowest BCUT2D eigenvalue weighted by atomic mass is 9.49. The first-order valence-electron chi connectivity index (χ1n) is 8.91. The Bertz CT molecular complexity index is 1070. The van der Waals surface area contributed by atoms with Gasteiger partial charge in [-0.15, -0.1) is 0 Å². The van der Waals surface area contributed by atoms with Gasteiger partial charge in [-0.25, -0.2) is 4.98 Å². The van der Waals surface area contributed by atoms with Crippen molar-refractivity contribution in [2.24, 2.45) is 5.73 Å². The molecule has 0 aromatic carbocycles. The predicted molar refractivity (Wildman–Crippen MR) is 108 cm³/mol. The van der Waals surface area contributed by atoms with E-state index in [1.165, 1.54) is 12.3 Å². The Hall–Kier alpha value is -2.76. The molecule has 3 aromatic rings. The van der Waals surface area contributed by atoms with E-state index in [-0.39, 0.29) is 28.6 Å². The normalized spacial score (nSPS) is 15.9. The highest BCUT2D eigenvalue weighted by molar-refractivity contribution is 6.56. The second-order valence-corrected chi connectivity index (χ2v) is 7.35. The molecule has 0 unspecified atom stereocenters. The van der Waals surface area contributed by atoms with Crippen LogP contribution < -0.4 is 16.4 Å². The van der Waals surface area contributed by atoms with Crippen LogP contribution in [0.2, 0.25) is 0 Å². The third kappa shape index (κ3) is 4.23. The fraction of sp³-hybridized carbons (Fsp3) is 0.375. The number of nitrogens with one attached hydrogen (secondary N) is 2. The molecule has 6 radical (unpaired) electrons. The van der Waals surface area contributed by atoms with Gasteiger partial charge in [0, 0.05) is 12.1 Å². The second kappa shape index (κ2) is 6.90. The lowest BCUT2D eigenvalue weighted by Gasteiger charge is -2.22. The number of alkyl halides is 3. The highest BCUT2D eigenvalue weighted by atomic mass is 19.4. The van der Waals surface area contributed by atoms with Gasteiger partial charge in [0.05, 0.1) is 47.0 Å². The van der Waals surface area contributed by atoms with Crippen LogP contribution in [-0.4, -0.2) is 60.4 Å². The first-order valence-corrected chi connectivity index (χ1v) is 8.91. The Morgan fingerprint density at radius 2 is 1.87 bits per heavy atom. The van der Waals surface area contributed by atoms with Gasteiger partial charge in [-0.3, -0.25) is 4.68 Å². The van der Waals surface area contributed by atoms with Crippen molar-refractivity contribution in [2.45, 2.75) is 29.8 Å². The minimum Gasteiger partial charge on any atom is -0.352 e. The average molecular weight is 408 g/mol. The standard InChI is InChI=1S/C16H14B3F3N8/c17-16(18,19)30-12-9(6-26-30)11(28-13(29-12)25-7-14(23)3-4-14)27-8-1-2-10(24-5-8)15(20,21)22/h1-2,5-6H,3-4,7,23H2,(H2,25,27,28,29). The lowest BCUT2D eigenvalue weighted by Crippen LogP contribution is -2.36. The molecule has 1 fully saturated rings. The van der Waals surface area contributed by atoms with Crippen molar-refractivity contribution in [3.05, 3.63) is 30.2 Å². The highest BCUT2D eigenvalue weighted by Gasteiger charge is 2.38. The molecule has 1 aliphatic rings. The number of nitrogens with two attached hydrogens (primary N) is 1. The van der Waals surface area contributed by atoms with E-state index in [1.54, 1.807) is 0 Å². The van der Waals surface area contributed by atoms with Gasteiger partial charge in [0.25, 0.3) is 0 Å². The number of nitrogens with zero attached hydrogens (tertiary/aromatic N) is 5. The van der Waals surface area contributed by atoms with Crippen LogP contribution in [0.1, 0.15) is 18.5 Å². The summed E-state index contributed by atoms with van der Waals surface area (Å²) in [7, 11) is 17.2. The second-order valence-electron chi connectivity index (χ2n) is 7.35. The molecule has 1 aliphatic carbocycles. The van der Waals surface area contributed by atoms with Crippen LogP contribution in [0.15, 0.2) is 24.5 Å². The van der Waals surface area contributed by atoms with Crippen molar-refractivity contribution in [1.29, 1.82) is 0 Å². The van der Waals surface area contributed by atoms with Crippen LogP contribution in [0.3, 0.4) is 0 Å². The minimum absolute atomic E-state index is 0.201. The molecule has 0 saturated heterocycles. The zero-order chi connectivity index (χ0) is 21.7. The van der Waals surface area contributed by atoms with Crippen molar-refractivity contribution in [2.75, 3.05) is 17.2 Å². The lowest BCUT2D eigenvalue weighted by molar-refractivity contribution is -0.141. The number of pyridine rings is 1. The zero-order valence-corrected chi connectivity index (χ0v) is 15.6. The quantitative estimate of drug-likeness (QED) is 0.522. The number of anilines is 3. The molecule has 0 atom stereocenters. The smallest absolute Gasteiger partial charge is 0.352 e. The molecule has 8 nitrogen and oxygen atoms in total. The minimum atomic E-state index is -4.54. The summed E-state index contributed by atoms with van der Waals surface area (Å²) in [6.07, 6.45) is -0.343. The summed E-state index contributed by atoms with van der Waals surface area (Å²) in [5.41, 5.74) is 5.27. The van der Waals surface area contributed by atoms with E-state index in [0.29, 0.717) is 11.9 Å². The molecule has 0 bridgehead atoms. The van der Waals surface area contributed by atoms with E-state index in [4.69, 9.17) is 29.3 Å². The predicted octanol–water partition coefficient (Wildman–Crippen LogP) is 0.960. The van der Waals surface area contributed by atoms with E-state index >= 15 is 0 Å². The molecular weight excluding hydrogens is 394 g/mol. The topological polar surface area (TPSA) is 107 Å². The molecule has 30 heavy (non-hydrogen) atoms. The van der Waals surface area contributed by atoms with Crippen molar-refractivity contribution in [3.8, 4) is 0 Å². The maximum atomic E-state index is 12.7. The summed E-state index contributed by atoms with van der Waals surface area (Å²) in [6, 6.07) is 2.10. The molecule has 0 spiro atoms. The molecule has 148 valence electrons. The Labute approximate surface area is 173 Å². The van der Waals surface area contributed by atoms with Crippen molar-refractivity contribution in [1.82, 2.24) is 24.7 Å². The van der Waals surface area contributed by atoms with E-state index in [2.05, 4.69) is 30.7 Å². The molecule has 14 heteroatoms. The molecule has 4 N–H and O–H groups in total. The van der Waals surface area contributed by atoms with Gasteiger partial charge in [-0.05, 0) is 30.2 Å². The SMILES string of the molecule is [B]C([B])([B])n1ncc2c(Nc3ccc(C(F)(F)F)nc3)nc(NCC3(N)CC3)nc21. The van der Waals surface area contributed by atoms with Crippen LogP contribution in [0, 0.1) is 0 Å². The van der Waals surface area contributed by atoms with Crippen LogP contribution in [0.4, 0.5) is 30.6 Å². The number of rotatable bonds is 6. The number of aromatic nitrogens is 5. The van der Waals surface area contributed by atoms with Crippen LogP contribution in [0.25, 0.3) is 11.0 Å². The van der Waals surface area contributed by atoms with Gasteiger partial charge in [0.2, 0.25) is 5.95 Å². The monoisotopic (exact) mass is 408 g/mol. The van der Waals surface area contributed by atoms with Gasteiger partial charge >= 0.3 is 6.18 Å². The Morgan fingerprint density at radius 3 is 2.43 bits per heavy atom. The number of hydrogen-bond acceptors (Lipinski definition) is 7. The summed E-state index contributed by atoms with van der Waals surface area (Å²) in [6.45, 7) is 0.437. The molecular formula is C16H14B3F3N8. The molecule has 4 rings (SSSR count). The fourth-order valence-corrected chi connectivity index (χ4v) is 2.73. The van der Waals surface area contributed by atoms with E-state index in [9.17, 15) is 13.2 Å². The van der Waals surface area contributed by atoms with Crippen molar-refractivity contribution >= 4 is 52.0 Å². The maximum absolute atomic E-state index is 12.7. The highest BCUT2D eigenvalue weighted by Crippen LogP contribution is 2.33. The molecule has 1 saturated carbocycles. The number of fused-ring (bicyclic) bond motifs is 1. The first kappa shape index (κ1) is 20.5. The summed E-state index contributed by atoms with van der Waals surface area (Å²) in [5.74, 6) is 0.453. The van der Waals surface area contributed by atoms with Gasteiger partial charge < -0.3 is 16.4 Å². The van der Waals surface area contributed by atoms with Gasteiger partial charge in [0.1, 0.15) is 11.5 Å². The average Bonchev–Trinajstić information content (AvgIpc) is 3.21. The van der Waals surface area contributed by atoms with Crippen molar-refractivity contribution in [3.63, 3.8) is 0 Å². The molecule has 0 aliphatic heterocycles. The van der Waals surface area contributed by atoms with E-state index in [0.717, 1.165) is 29.8 Å². The number of halogens is 3. The Balaban J connectivity index is 1.70. The molecule has 3 aromatic heterocycles. The van der Waals surface area contributed by atoms with Crippen molar-refractivity contribution < 1.29 is 13.2 Å². The third-order valence-corrected chi connectivity index (χ3v) is 4.60. The molecule has 3 heterocycles. The number of hydrogen-bond donors (Lipinski definition) is 3. The third-order valence-electron chi connectivity index (χ3n) is 4.60. The van der Waals surface area contributed by atoms with Gasteiger partial charge in [0.15, 0.2) is 5.65 Å². The first-order chi connectivity index (χ1) is 13.9. The van der Waals surface area contributed by atoms with E-state index in [1.807, 2.05) is 0 Å². The van der Waals surface area contributed by atoms with Gasteiger partial charge in [-0.1, -0.05) is 0 Å². The van der Waals surface area contributed by atoms with Crippen LogP contribution in [0.5, 0.6) is 0 Å². The zero-order valence-electron chi connectivity index (χ0n) is 15.6. The summed E-state index contributed by atoms with van der Waals surface area (Å²) in [5, 5.41) is 8.60. The van der Waals surface area contributed by atoms with E-state index < -0.39 is 17.1 Å². The van der Waals surface area contributed by atoms with Gasteiger partial charge in [-0.2, -0.15) is 28.2 Å². The maximum Gasteiger partial charge on any atom is 0.433 e. The van der Waals surface area contributed by atoms with Crippen LogP contribution in [-0.2, 0) is 11.4 Å². The van der Waals surface area contributed by atoms with Crippen LogP contribution >= 0.6 is 0 Å². The Kier molecular flexibility index (Phi) is 4.72. The molecule has 0 amide bonds. The summed E-state index contributed by atoms with van der Waals surface area (Å²) < 4.78 is 39.3. The summed E-state index contributed by atoms with van der Waals surface area (Å²) >= 11 is 0. The fourth-order valence-electron chi connectivity index (χ4n) is 2.73. The summed E-state index contributed by atoms with van der Waals surface area (Å²) in [4.78, 5) is 12.2. The largest absolute Gasteiger partial charge is 0.433 e.